The van der Waals surface area contributed by atoms with Gasteiger partial charge in [0.1, 0.15) is 5.75 Å². The number of amides is 1. The van der Waals surface area contributed by atoms with Gasteiger partial charge in [-0.25, -0.2) is 0 Å². The number of rotatable bonds is 4. The number of methoxy groups -OCH3 is 1. The topological polar surface area (TPSA) is 38.3 Å². The quantitative estimate of drug-likeness (QED) is 0.943. The lowest BCUT2D eigenvalue weighted by Gasteiger charge is -2.12. The number of para-hydroxylation sites is 1. The van der Waals surface area contributed by atoms with Crippen molar-refractivity contribution in [2.45, 2.75) is 23.1 Å². The summed E-state index contributed by atoms with van der Waals surface area (Å²) < 4.78 is 5.30. The van der Waals surface area contributed by atoms with Crippen molar-refractivity contribution in [2.24, 2.45) is 0 Å². The summed E-state index contributed by atoms with van der Waals surface area (Å²) in [6.07, 6.45) is 0.804. The molecule has 0 unspecified atom stereocenters. The molecule has 108 valence electrons. The molecule has 3 rings (SSSR count). The lowest BCUT2D eigenvalue weighted by Crippen LogP contribution is -2.32. The summed E-state index contributed by atoms with van der Waals surface area (Å²) in [5.41, 5.74) is 2.26. The summed E-state index contributed by atoms with van der Waals surface area (Å²) in [7, 11) is 1.64. The van der Waals surface area contributed by atoms with Crippen LogP contribution < -0.4 is 10.1 Å². The zero-order valence-electron chi connectivity index (χ0n) is 11.8. The fourth-order valence-corrected chi connectivity index (χ4v) is 3.69. The van der Waals surface area contributed by atoms with Gasteiger partial charge in [-0.3, -0.25) is 4.79 Å². The highest BCUT2D eigenvalue weighted by Gasteiger charge is 2.27. The molecular weight excluding hydrogens is 282 g/mol. The molecule has 4 heteroatoms. The summed E-state index contributed by atoms with van der Waals surface area (Å²) in [4.78, 5) is 13.5. The Morgan fingerprint density at radius 3 is 2.81 bits per heavy atom. The number of hydrogen-bond donors (Lipinski definition) is 1. The van der Waals surface area contributed by atoms with E-state index in [0.29, 0.717) is 6.54 Å². The second kappa shape index (κ2) is 6.22. The van der Waals surface area contributed by atoms with E-state index < -0.39 is 0 Å². The molecule has 2 aromatic rings. The third kappa shape index (κ3) is 3.05. The second-order valence-electron chi connectivity index (χ2n) is 4.95. The van der Waals surface area contributed by atoms with Crippen LogP contribution >= 0.6 is 11.8 Å². The Bertz CT molecular complexity index is 632. The van der Waals surface area contributed by atoms with Crippen molar-refractivity contribution in [3.8, 4) is 5.75 Å². The van der Waals surface area contributed by atoms with Crippen LogP contribution in [0.2, 0.25) is 0 Å². The van der Waals surface area contributed by atoms with Crippen molar-refractivity contribution in [1.82, 2.24) is 5.32 Å². The van der Waals surface area contributed by atoms with Gasteiger partial charge < -0.3 is 10.1 Å². The van der Waals surface area contributed by atoms with E-state index in [-0.39, 0.29) is 11.2 Å². The lowest BCUT2D eigenvalue weighted by molar-refractivity contribution is -0.120. The Balaban J connectivity index is 1.61. The fraction of sp³-hybridized carbons (Fsp3) is 0.235. The number of carbonyl (C=O) groups is 1. The molecule has 0 bridgehead atoms. The van der Waals surface area contributed by atoms with Gasteiger partial charge in [0.25, 0.3) is 0 Å². The Labute approximate surface area is 128 Å². The molecule has 0 spiro atoms. The van der Waals surface area contributed by atoms with Crippen molar-refractivity contribution in [1.29, 1.82) is 0 Å². The number of fused-ring (bicyclic) bond motifs is 1. The van der Waals surface area contributed by atoms with Crippen LogP contribution in [-0.2, 0) is 17.8 Å². The highest BCUT2D eigenvalue weighted by molar-refractivity contribution is 8.01. The number of hydrogen-bond acceptors (Lipinski definition) is 3. The Morgan fingerprint density at radius 2 is 2.00 bits per heavy atom. The zero-order chi connectivity index (χ0) is 14.7. The first-order chi connectivity index (χ1) is 10.3. The molecule has 0 fully saturated rings. The van der Waals surface area contributed by atoms with E-state index in [0.717, 1.165) is 17.7 Å². The molecule has 21 heavy (non-hydrogen) atoms. The third-order valence-corrected chi connectivity index (χ3v) is 4.90. The molecule has 1 aliphatic heterocycles. The van der Waals surface area contributed by atoms with Crippen LogP contribution in [0.25, 0.3) is 0 Å². The van der Waals surface area contributed by atoms with Gasteiger partial charge in [-0.05, 0) is 24.1 Å². The number of nitrogens with one attached hydrogen (secondary N) is 1. The van der Waals surface area contributed by atoms with Crippen LogP contribution in [0.5, 0.6) is 5.75 Å². The largest absolute Gasteiger partial charge is 0.496 e. The molecule has 2 aromatic carbocycles. The maximum absolute atomic E-state index is 12.3. The Kier molecular flexibility index (Phi) is 4.15. The predicted octanol–water partition coefficient (Wildman–Crippen LogP) is 3.03. The monoisotopic (exact) mass is 299 g/mol. The van der Waals surface area contributed by atoms with Crippen molar-refractivity contribution in [3.05, 3.63) is 59.7 Å². The SMILES string of the molecule is COc1ccccc1CNC(=O)[C@@H]1Cc2ccccc2S1. The highest BCUT2D eigenvalue weighted by Crippen LogP contribution is 2.36. The molecule has 0 radical (unpaired) electrons. The van der Waals surface area contributed by atoms with Gasteiger partial charge in [-0.2, -0.15) is 0 Å². The lowest BCUT2D eigenvalue weighted by atomic mass is 10.1. The standard InChI is InChI=1S/C17H17NO2S/c1-20-14-8-4-2-7-13(14)11-18-17(19)16-10-12-6-3-5-9-15(12)21-16/h2-9,16H,10-11H2,1H3,(H,18,19)/t16-/m0/s1. The van der Waals surface area contributed by atoms with Crippen molar-refractivity contribution in [2.75, 3.05) is 7.11 Å². The molecule has 0 aromatic heterocycles. The van der Waals surface area contributed by atoms with Gasteiger partial charge in [0.2, 0.25) is 5.91 Å². The predicted molar refractivity (Wildman–Crippen MR) is 84.6 cm³/mol. The highest BCUT2D eigenvalue weighted by atomic mass is 32.2. The van der Waals surface area contributed by atoms with Gasteiger partial charge in [0.15, 0.2) is 0 Å². The first-order valence-electron chi connectivity index (χ1n) is 6.92. The summed E-state index contributed by atoms with van der Waals surface area (Å²) >= 11 is 1.65. The first-order valence-corrected chi connectivity index (χ1v) is 7.80. The smallest absolute Gasteiger partial charge is 0.234 e. The maximum Gasteiger partial charge on any atom is 0.234 e. The molecule has 1 N–H and O–H groups in total. The van der Waals surface area contributed by atoms with Gasteiger partial charge in [0, 0.05) is 17.0 Å². The van der Waals surface area contributed by atoms with E-state index in [4.69, 9.17) is 4.74 Å². The molecule has 0 aliphatic carbocycles. The van der Waals surface area contributed by atoms with Crippen LogP contribution in [0, 0.1) is 0 Å². The zero-order valence-corrected chi connectivity index (χ0v) is 12.7. The minimum absolute atomic E-state index is 0.0305. The van der Waals surface area contributed by atoms with Crippen LogP contribution in [-0.4, -0.2) is 18.3 Å². The van der Waals surface area contributed by atoms with Crippen LogP contribution in [0.3, 0.4) is 0 Å². The van der Waals surface area contributed by atoms with Crippen molar-refractivity contribution in [3.63, 3.8) is 0 Å². The second-order valence-corrected chi connectivity index (χ2v) is 6.19. The average molecular weight is 299 g/mol. The molecule has 1 atom stereocenters. The van der Waals surface area contributed by atoms with E-state index in [1.807, 2.05) is 36.4 Å². The fourth-order valence-electron chi connectivity index (χ4n) is 2.47. The van der Waals surface area contributed by atoms with Crippen molar-refractivity contribution < 1.29 is 9.53 Å². The number of carbonyl (C=O) groups excluding carboxylic acids is 1. The van der Waals surface area contributed by atoms with Gasteiger partial charge in [-0.15, -0.1) is 11.8 Å². The van der Waals surface area contributed by atoms with E-state index in [9.17, 15) is 4.79 Å². The summed E-state index contributed by atoms with van der Waals surface area (Å²) in [5, 5.41) is 2.98. The Hall–Kier alpha value is -1.94. The normalized spacial score (nSPS) is 16.3. The summed E-state index contributed by atoms with van der Waals surface area (Å²) in [6.45, 7) is 0.496. The van der Waals surface area contributed by atoms with Crippen LogP contribution in [0.1, 0.15) is 11.1 Å². The average Bonchev–Trinajstić information content (AvgIpc) is 2.97. The van der Waals surface area contributed by atoms with Gasteiger partial charge in [-0.1, -0.05) is 36.4 Å². The number of ether oxygens (including phenoxy) is 1. The number of thioether (sulfide) groups is 1. The maximum atomic E-state index is 12.3. The molecule has 3 nitrogen and oxygen atoms in total. The van der Waals surface area contributed by atoms with E-state index >= 15 is 0 Å². The molecule has 0 saturated carbocycles. The van der Waals surface area contributed by atoms with Crippen molar-refractivity contribution >= 4 is 17.7 Å². The Morgan fingerprint density at radius 1 is 1.24 bits per heavy atom. The van der Waals surface area contributed by atoms with Gasteiger partial charge in [0.05, 0.1) is 12.4 Å². The van der Waals surface area contributed by atoms with Crippen LogP contribution in [0.15, 0.2) is 53.4 Å². The van der Waals surface area contributed by atoms with E-state index in [2.05, 4.69) is 17.4 Å². The van der Waals surface area contributed by atoms with E-state index in [1.54, 1.807) is 18.9 Å². The molecule has 0 saturated heterocycles. The minimum atomic E-state index is -0.0305. The first kappa shape index (κ1) is 14.0. The van der Waals surface area contributed by atoms with Crippen LogP contribution in [0.4, 0.5) is 0 Å². The minimum Gasteiger partial charge on any atom is -0.496 e. The number of benzene rings is 2. The molecule has 1 heterocycles. The molecular formula is C17H17NO2S. The molecule has 1 amide bonds. The van der Waals surface area contributed by atoms with E-state index in [1.165, 1.54) is 10.5 Å². The summed E-state index contributed by atoms with van der Waals surface area (Å²) in [5.74, 6) is 0.891. The summed E-state index contributed by atoms with van der Waals surface area (Å²) in [6, 6.07) is 16.0. The van der Waals surface area contributed by atoms with Gasteiger partial charge >= 0.3 is 0 Å². The third-order valence-electron chi connectivity index (χ3n) is 3.59. The molecule has 1 aliphatic rings.